The van der Waals surface area contributed by atoms with Crippen LogP contribution in [0.5, 0.6) is 0 Å². The lowest BCUT2D eigenvalue weighted by Crippen LogP contribution is -2.36. The normalized spacial score (nSPS) is 10.2. The van der Waals surface area contributed by atoms with E-state index >= 15 is 0 Å². The van der Waals surface area contributed by atoms with Crippen LogP contribution in [0, 0.1) is 0 Å². The molecule has 7 nitrogen and oxygen atoms in total. The average Bonchev–Trinajstić information content (AvgIpc) is 2.53. The van der Waals surface area contributed by atoms with Gasteiger partial charge in [-0.2, -0.15) is 0 Å². The number of hydrogen-bond donors (Lipinski definition) is 0. The van der Waals surface area contributed by atoms with Crippen molar-refractivity contribution in [3.05, 3.63) is 53.0 Å². The van der Waals surface area contributed by atoms with Crippen LogP contribution in [0.3, 0.4) is 0 Å². The smallest absolute Gasteiger partial charge is 0.415 e. The molecule has 0 bridgehead atoms. The Balaban J connectivity index is 2.70. The fraction of sp³-hybridized carbons (Fsp3) is 0.200. The van der Waals surface area contributed by atoms with Crippen molar-refractivity contribution in [2.24, 2.45) is 0 Å². The fourth-order valence-electron chi connectivity index (χ4n) is 1.98. The molecule has 0 radical (unpaired) electrons. The summed E-state index contributed by atoms with van der Waals surface area (Å²) in [4.78, 5) is 41.1. The highest BCUT2D eigenvalue weighted by Crippen LogP contribution is 2.16. The first kappa shape index (κ1) is 15.4. The second-order valence-corrected chi connectivity index (χ2v) is 4.30. The second-order valence-electron chi connectivity index (χ2n) is 4.30. The fourth-order valence-corrected chi connectivity index (χ4v) is 1.98. The van der Waals surface area contributed by atoms with Gasteiger partial charge in [0.2, 0.25) is 0 Å². The van der Waals surface area contributed by atoms with E-state index in [4.69, 9.17) is 4.74 Å². The van der Waals surface area contributed by atoms with Crippen LogP contribution < -0.4 is 10.5 Å². The van der Waals surface area contributed by atoms with E-state index in [-0.39, 0.29) is 24.5 Å². The molecule has 0 saturated carbocycles. The van der Waals surface area contributed by atoms with Gasteiger partial charge in [0.05, 0.1) is 6.61 Å². The quantitative estimate of drug-likeness (QED) is 0.619. The summed E-state index contributed by atoms with van der Waals surface area (Å²) in [6, 6.07) is 4.96. The van der Waals surface area contributed by atoms with E-state index in [1.54, 1.807) is 25.1 Å². The number of carbonyl (C=O) groups is 2. The van der Waals surface area contributed by atoms with Crippen molar-refractivity contribution in [2.45, 2.75) is 6.92 Å². The van der Waals surface area contributed by atoms with Gasteiger partial charge < -0.3 is 4.74 Å². The largest absolute Gasteiger partial charge is 0.449 e. The number of fused-ring (bicyclic) bond motifs is 1. The zero-order chi connectivity index (χ0) is 16.1. The predicted molar refractivity (Wildman–Crippen MR) is 81.4 cm³/mol. The zero-order valence-electron chi connectivity index (χ0n) is 12.1. The first-order chi connectivity index (χ1) is 10.6. The summed E-state index contributed by atoms with van der Waals surface area (Å²) < 4.78 is 6.18. The van der Waals surface area contributed by atoms with Crippen molar-refractivity contribution >= 4 is 23.8 Å². The Bertz CT molecular complexity index is 782. The van der Waals surface area contributed by atoms with Crippen molar-refractivity contribution in [1.82, 2.24) is 9.38 Å². The van der Waals surface area contributed by atoms with Gasteiger partial charge in [0.15, 0.2) is 12.1 Å². The number of ether oxygens (including phenoxy) is 1. The zero-order valence-corrected chi connectivity index (χ0v) is 12.1. The molecule has 0 fully saturated rings. The number of aldehydes is 1. The minimum absolute atomic E-state index is 0.0375. The summed E-state index contributed by atoms with van der Waals surface area (Å²) in [6.07, 6.45) is 2.65. The van der Waals surface area contributed by atoms with Gasteiger partial charge in [0.1, 0.15) is 11.2 Å². The molecule has 7 heteroatoms. The minimum Gasteiger partial charge on any atom is -0.449 e. The Morgan fingerprint density at radius 1 is 1.50 bits per heavy atom. The molecule has 0 N–H and O–H groups in total. The van der Waals surface area contributed by atoms with E-state index in [2.05, 4.69) is 11.6 Å². The number of nitrogens with zero attached hydrogens (tertiary/aromatic N) is 3. The molecule has 2 aromatic rings. The predicted octanol–water partition coefficient (Wildman–Crippen LogP) is 1.66. The van der Waals surface area contributed by atoms with Crippen molar-refractivity contribution in [2.75, 3.05) is 18.1 Å². The highest BCUT2D eigenvalue weighted by molar-refractivity contribution is 5.93. The third-order valence-corrected chi connectivity index (χ3v) is 2.92. The molecule has 0 unspecified atom stereocenters. The van der Waals surface area contributed by atoms with Gasteiger partial charge in [-0.25, -0.2) is 9.78 Å². The lowest BCUT2D eigenvalue weighted by molar-refractivity contribution is 0.112. The maximum Gasteiger partial charge on any atom is 0.415 e. The molecule has 0 aliphatic carbocycles. The van der Waals surface area contributed by atoms with Crippen LogP contribution in [0.2, 0.25) is 0 Å². The van der Waals surface area contributed by atoms with Crippen LogP contribution in [0.15, 0.2) is 41.8 Å². The third kappa shape index (κ3) is 2.73. The van der Waals surface area contributed by atoms with Crippen molar-refractivity contribution in [3.63, 3.8) is 0 Å². The van der Waals surface area contributed by atoms with E-state index in [1.807, 2.05) is 0 Å². The molecule has 0 aliphatic rings. The number of rotatable bonds is 5. The molecule has 2 heterocycles. The van der Waals surface area contributed by atoms with Gasteiger partial charge >= 0.3 is 6.09 Å². The van der Waals surface area contributed by atoms with E-state index in [0.29, 0.717) is 11.9 Å². The number of hydrogen-bond acceptors (Lipinski definition) is 5. The molecule has 22 heavy (non-hydrogen) atoms. The third-order valence-electron chi connectivity index (χ3n) is 2.92. The van der Waals surface area contributed by atoms with E-state index in [1.165, 1.54) is 16.7 Å². The Hall–Kier alpha value is -2.96. The van der Waals surface area contributed by atoms with Gasteiger partial charge in [-0.1, -0.05) is 12.1 Å². The van der Waals surface area contributed by atoms with Gasteiger partial charge in [-0.3, -0.25) is 18.9 Å². The average molecular weight is 301 g/mol. The molecule has 114 valence electrons. The molecule has 0 atom stereocenters. The molecular weight excluding hydrogens is 286 g/mol. The van der Waals surface area contributed by atoms with Crippen LogP contribution in [-0.2, 0) is 4.74 Å². The van der Waals surface area contributed by atoms with Crippen LogP contribution in [0.4, 0.5) is 10.6 Å². The Labute approximate surface area is 126 Å². The summed E-state index contributed by atoms with van der Waals surface area (Å²) in [5.41, 5.74) is -0.431. The molecule has 0 aromatic carbocycles. The molecule has 0 saturated heterocycles. The summed E-state index contributed by atoms with van der Waals surface area (Å²) in [6.45, 7) is 5.45. The minimum atomic E-state index is -0.697. The highest BCUT2D eigenvalue weighted by atomic mass is 16.6. The standard InChI is InChI=1S/C15H15N3O4/c1-3-8-18(15(21)22-4-2)13-11(10-19)14(20)17-9-6-5-7-12(17)16-13/h3,5-7,9-10H,1,4,8H2,2H3. The summed E-state index contributed by atoms with van der Waals surface area (Å²) >= 11 is 0. The first-order valence-corrected chi connectivity index (χ1v) is 6.65. The van der Waals surface area contributed by atoms with Gasteiger partial charge in [0.25, 0.3) is 5.56 Å². The first-order valence-electron chi connectivity index (χ1n) is 6.65. The molecule has 0 spiro atoms. The number of aromatic nitrogens is 2. The van der Waals surface area contributed by atoms with Crippen molar-refractivity contribution < 1.29 is 14.3 Å². The van der Waals surface area contributed by atoms with Gasteiger partial charge in [-0.05, 0) is 19.1 Å². The van der Waals surface area contributed by atoms with E-state index in [0.717, 1.165) is 4.90 Å². The highest BCUT2D eigenvalue weighted by Gasteiger charge is 2.23. The van der Waals surface area contributed by atoms with Crippen LogP contribution in [0.25, 0.3) is 5.65 Å². The Kier molecular flexibility index (Phi) is 4.67. The van der Waals surface area contributed by atoms with Crippen molar-refractivity contribution in [1.29, 1.82) is 0 Å². The summed E-state index contributed by atoms with van der Waals surface area (Å²) in [5, 5.41) is 0. The lowest BCUT2D eigenvalue weighted by Gasteiger charge is -2.20. The SMILES string of the molecule is C=CCN(C(=O)OCC)c1nc2ccccn2c(=O)c1C=O. The van der Waals surface area contributed by atoms with Crippen LogP contribution in [0.1, 0.15) is 17.3 Å². The number of anilines is 1. The van der Waals surface area contributed by atoms with Gasteiger partial charge in [0, 0.05) is 12.7 Å². The van der Waals surface area contributed by atoms with Crippen molar-refractivity contribution in [3.8, 4) is 0 Å². The van der Waals surface area contributed by atoms with Crippen LogP contribution in [-0.4, -0.2) is 34.9 Å². The number of amides is 1. The second kappa shape index (κ2) is 6.66. The maximum absolute atomic E-state index is 12.4. The Morgan fingerprint density at radius 2 is 2.27 bits per heavy atom. The molecule has 0 aliphatic heterocycles. The molecule has 2 rings (SSSR count). The summed E-state index contributed by atoms with van der Waals surface area (Å²) in [5.74, 6) is -0.0375. The van der Waals surface area contributed by atoms with E-state index in [9.17, 15) is 14.4 Å². The number of carbonyl (C=O) groups excluding carboxylic acids is 2. The Morgan fingerprint density at radius 3 is 2.91 bits per heavy atom. The monoisotopic (exact) mass is 301 g/mol. The lowest BCUT2D eigenvalue weighted by atomic mass is 10.3. The molecule has 1 amide bonds. The molecular formula is C15H15N3O4. The van der Waals surface area contributed by atoms with Gasteiger partial charge in [-0.15, -0.1) is 6.58 Å². The van der Waals surface area contributed by atoms with Crippen LogP contribution >= 0.6 is 0 Å². The van der Waals surface area contributed by atoms with E-state index < -0.39 is 11.7 Å². The molecule has 2 aromatic heterocycles. The summed E-state index contributed by atoms with van der Waals surface area (Å²) in [7, 11) is 0. The topological polar surface area (TPSA) is 81.0 Å². The number of pyridine rings is 1. The maximum atomic E-state index is 12.4.